The first-order chi connectivity index (χ1) is 8.70. The van der Waals surface area contributed by atoms with Crippen LogP contribution < -0.4 is 10.1 Å². The van der Waals surface area contributed by atoms with Crippen LogP contribution >= 0.6 is 38.9 Å². The van der Waals surface area contributed by atoms with Gasteiger partial charge in [0, 0.05) is 22.0 Å². The fourth-order valence-electron chi connectivity index (χ4n) is 1.60. The lowest BCUT2D eigenvalue weighted by molar-refractivity contribution is 0.306. The van der Waals surface area contributed by atoms with Gasteiger partial charge in [0.25, 0.3) is 0 Å². The van der Waals surface area contributed by atoms with Crippen LogP contribution in [-0.4, -0.2) is 7.05 Å². The largest absolute Gasteiger partial charge is 0.488 e. The summed E-state index contributed by atoms with van der Waals surface area (Å²) in [7, 11) is 1.89. The highest BCUT2D eigenvalue weighted by Gasteiger charge is 2.08. The van der Waals surface area contributed by atoms with E-state index < -0.39 is 0 Å². The second kappa shape index (κ2) is 6.57. The summed E-state index contributed by atoms with van der Waals surface area (Å²) in [5.74, 6) is 0.835. The van der Waals surface area contributed by atoms with Gasteiger partial charge in [-0.05, 0) is 47.2 Å². The third-order valence-corrected chi connectivity index (χ3v) is 4.38. The zero-order valence-corrected chi connectivity index (χ0v) is 13.0. The molecule has 0 fully saturated rings. The third-order valence-electron chi connectivity index (χ3n) is 2.43. The van der Waals surface area contributed by atoms with Crippen LogP contribution in [0.1, 0.15) is 10.4 Å². The third kappa shape index (κ3) is 3.48. The second-order valence-electron chi connectivity index (χ2n) is 3.74. The van der Waals surface area contributed by atoms with E-state index in [1.54, 1.807) is 11.3 Å². The molecule has 0 radical (unpaired) electrons. The van der Waals surface area contributed by atoms with Crippen LogP contribution in [0, 0.1) is 0 Å². The quantitative estimate of drug-likeness (QED) is 0.863. The van der Waals surface area contributed by atoms with Crippen LogP contribution in [0.2, 0.25) is 5.02 Å². The smallest absolute Gasteiger partial charge is 0.125 e. The zero-order valence-electron chi connectivity index (χ0n) is 9.87. The molecule has 96 valence electrons. The lowest BCUT2D eigenvalue weighted by Gasteiger charge is -2.12. The van der Waals surface area contributed by atoms with E-state index in [4.69, 9.17) is 16.3 Å². The summed E-state index contributed by atoms with van der Waals surface area (Å²) in [6, 6.07) is 9.80. The summed E-state index contributed by atoms with van der Waals surface area (Å²) < 4.78 is 6.95. The highest BCUT2D eigenvalue weighted by molar-refractivity contribution is 9.11. The molecule has 0 bridgehead atoms. The lowest BCUT2D eigenvalue weighted by Crippen LogP contribution is -2.08. The van der Waals surface area contributed by atoms with Crippen molar-refractivity contribution in [1.82, 2.24) is 5.32 Å². The van der Waals surface area contributed by atoms with Crippen LogP contribution in [-0.2, 0) is 13.2 Å². The van der Waals surface area contributed by atoms with Crippen LogP contribution in [0.5, 0.6) is 5.75 Å². The maximum absolute atomic E-state index is 6.17. The highest BCUT2D eigenvalue weighted by atomic mass is 79.9. The van der Waals surface area contributed by atoms with E-state index in [9.17, 15) is 0 Å². The minimum atomic E-state index is 0.563. The van der Waals surface area contributed by atoms with Crippen molar-refractivity contribution >= 4 is 38.9 Å². The Morgan fingerprint density at radius 3 is 2.83 bits per heavy atom. The van der Waals surface area contributed by atoms with Gasteiger partial charge in [-0.3, -0.25) is 0 Å². The Morgan fingerprint density at radius 1 is 1.33 bits per heavy atom. The minimum Gasteiger partial charge on any atom is -0.488 e. The van der Waals surface area contributed by atoms with Gasteiger partial charge in [0.05, 0.1) is 3.79 Å². The summed E-state index contributed by atoms with van der Waals surface area (Å²) >= 11 is 11.3. The predicted molar refractivity (Wildman–Crippen MR) is 80.6 cm³/mol. The number of thiophene rings is 1. The molecule has 1 aromatic heterocycles. The van der Waals surface area contributed by atoms with Crippen LogP contribution in [0.15, 0.2) is 34.1 Å². The predicted octanol–water partition coefficient (Wildman–Crippen LogP) is 4.46. The maximum atomic E-state index is 6.17. The van der Waals surface area contributed by atoms with Crippen molar-refractivity contribution in [1.29, 1.82) is 0 Å². The Labute approximate surface area is 124 Å². The van der Waals surface area contributed by atoms with E-state index >= 15 is 0 Å². The number of ether oxygens (including phenoxy) is 1. The van der Waals surface area contributed by atoms with Crippen molar-refractivity contribution < 1.29 is 4.74 Å². The molecule has 0 aliphatic carbocycles. The lowest BCUT2D eigenvalue weighted by atomic mass is 10.2. The fraction of sp³-hybridized carbons (Fsp3) is 0.231. The van der Waals surface area contributed by atoms with Crippen molar-refractivity contribution in [3.63, 3.8) is 0 Å². The topological polar surface area (TPSA) is 21.3 Å². The molecule has 2 nitrogen and oxygen atoms in total. The second-order valence-corrected chi connectivity index (χ2v) is 6.70. The van der Waals surface area contributed by atoms with Crippen LogP contribution in [0.4, 0.5) is 0 Å². The Kier molecular flexibility index (Phi) is 5.06. The number of benzene rings is 1. The number of hydrogen-bond donors (Lipinski definition) is 1. The van der Waals surface area contributed by atoms with Gasteiger partial charge in [-0.15, -0.1) is 11.3 Å². The van der Waals surface area contributed by atoms with E-state index in [1.165, 1.54) is 4.88 Å². The summed E-state index contributed by atoms with van der Waals surface area (Å²) in [5.41, 5.74) is 0.997. The SMILES string of the molecule is CNCc1c(Cl)cccc1OCc1ccc(Br)s1. The molecule has 0 aliphatic rings. The number of halogens is 2. The number of rotatable bonds is 5. The van der Waals surface area contributed by atoms with E-state index in [0.717, 1.165) is 20.1 Å². The average molecular weight is 347 g/mol. The molecule has 0 unspecified atom stereocenters. The Morgan fingerprint density at radius 2 is 2.17 bits per heavy atom. The maximum Gasteiger partial charge on any atom is 0.125 e. The van der Waals surface area contributed by atoms with Crippen molar-refractivity contribution in [3.8, 4) is 5.75 Å². The molecular weight excluding hydrogens is 334 g/mol. The van der Waals surface area contributed by atoms with Crippen LogP contribution in [0.3, 0.4) is 0 Å². The van der Waals surface area contributed by atoms with Gasteiger partial charge in [0.1, 0.15) is 12.4 Å². The first kappa shape index (κ1) is 13.9. The molecule has 0 aliphatic heterocycles. The summed E-state index contributed by atoms with van der Waals surface area (Å²) in [4.78, 5) is 1.18. The van der Waals surface area contributed by atoms with Gasteiger partial charge in [-0.1, -0.05) is 17.7 Å². The summed E-state index contributed by atoms with van der Waals surface area (Å²) in [6.45, 7) is 1.26. The Hall–Kier alpha value is -0.550. The van der Waals surface area contributed by atoms with Crippen molar-refractivity contribution in [2.45, 2.75) is 13.2 Å². The van der Waals surface area contributed by atoms with E-state index in [0.29, 0.717) is 13.2 Å². The zero-order chi connectivity index (χ0) is 13.0. The van der Waals surface area contributed by atoms with E-state index in [2.05, 4.69) is 27.3 Å². The number of nitrogens with one attached hydrogen (secondary N) is 1. The monoisotopic (exact) mass is 345 g/mol. The molecule has 5 heteroatoms. The van der Waals surface area contributed by atoms with E-state index in [1.807, 2.05) is 31.3 Å². The molecular formula is C13H13BrClNOS. The van der Waals surface area contributed by atoms with Gasteiger partial charge < -0.3 is 10.1 Å². The molecule has 1 N–H and O–H groups in total. The molecule has 0 amide bonds. The van der Waals surface area contributed by atoms with Crippen molar-refractivity contribution in [2.24, 2.45) is 0 Å². The van der Waals surface area contributed by atoms with Crippen LogP contribution in [0.25, 0.3) is 0 Å². The Balaban J connectivity index is 2.11. The standard InChI is InChI=1S/C13H13BrClNOS/c1-16-7-10-11(15)3-2-4-12(10)17-8-9-5-6-13(14)18-9/h2-6,16H,7-8H2,1H3. The summed E-state index contributed by atoms with van der Waals surface area (Å²) in [6.07, 6.45) is 0. The number of hydrogen-bond acceptors (Lipinski definition) is 3. The van der Waals surface area contributed by atoms with E-state index in [-0.39, 0.29) is 0 Å². The van der Waals surface area contributed by atoms with Crippen molar-refractivity contribution in [3.05, 3.63) is 49.6 Å². The molecule has 0 saturated carbocycles. The first-order valence-electron chi connectivity index (χ1n) is 5.49. The fourth-order valence-corrected chi connectivity index (χ4v) is 3.23. The first-order valence-corrected chi connectivity index (χ1v) is 7.48. The minimum absolute atomic E-state index is 0.563. The summed E-state index contributed by atoms with van der Waals surface area (Å²) in [5, 5.41) is 3.83. The van der Waals surface area contributed by atoms with Gasteiger partial charge in [0.15, 0.2) is 0 Å². The molecule has 0 atom stereocenters. The average Bonchev–Trinajstić information content (AvgIpc) is 2.76. The molecule has 0 spiro atoms. The molecule has 2 rings (SSSR count). The highest BCUT2D eigenvalue weighted by Crippen LogP contribution is 2.28. The molecule has 0 saturated heterocycles. The molecule has 2 aromatic rings. The van der Waals surface area contributed by atoms with Gasteiger partial charge in [-0.2, -0.15) is 0 Å². The van der Waals surface area contributed by atoms with Gasteiger partial charge >= 0.3 is 0 Å². The van der Waals surface area contributed by atoms with Gasteiger partial charge in [0.2, 0.25) is 0 Å². The van der Waals surface area contributed by atoms with Crippen molar-refractivity contribution in [2.75, 3.05) is 7.05 Å². The Bertz CT molecular complexity index is 529. The molecule has 1 heterocycles. The normalized spacial score (nSPS) is 10.6. The molecule has 1 aromatic carbocycles. The molecule has 18 heavy (non-hydrogen) atoms. The van der Waals surface area contributed by atoms with Gasteiger partial charge in [-0.25, -0.2) is 0 Å².